The molecular weight excluding hydrogens is 353 g/mol. The van der Waals surface area contributed by atoms with E-state index in [9.17, 15) is 9.18 Å². The zero-order chi connectivity index (χ0) is 19.4. The number of hydrogen-bond donors (Lipinski definition) is 1. The van der Waals surface area contributed by atoms with Gasteiger partial charge in [0.1, 0.15) is 5.82 Å². The number of carbonyl (C=O) groups is 1. The molecule has 5 heteroatoms. The molecule has 4 nitrogen and oxygen atoms in total. The van der Waals surface area contributed by atoms with E-state index < -0.39 is 0 Å². The Balaban J connectivity index is 1.29. The van der Waals surface area contributed by atoms with Gasteiger partial charge in [-0.05, 0) is 87.5 Å². The van der Waals surface area contributed by atoms with Gasteiger partial charge in [-0.2, -0.15) is 5.10 Å². The topological polar surface area (TPSA) is 46.9 Å². The smallest absolute Gasteiger partial charge is 0.224 e. The molecule has 3 aliphatic rings. The fourth-order valence-corrected chi connectivity index (χ4v) is 6.42. The Morgan fingerprint density at radius 1 is 1.14 bits per heavy atom. The molecule has 3 aliphatic carbocycles. The first-order chi connectivity index (χ1) is 13.5. The number of nitrogens with zero attached hydrogens (tertiary/aromatic N) is 2. The van der Waals surface area contributed by atoms with Gasteiger partial charge in [0.25, 0.3) is 0 Å². The summed E-state index contributed by atoms with van der Waals surface area (Å²) >= 11 is 0. The fraction of sp³-hybridized carbons (Fsp3) is 0.565. The zero-order valence-electron chi connectivity index (χ0n) is 16.6. The lowest BCUT2D eigenvalue weighted by molar-refractivity contribution is -0.121. The van der Waals surface area contributed by atoms with Crippen molar-refractivity contribution in [1.29, 1.82) is 0 Å². The van der Waals surface area contributed by atoms with E-state index in [1.165, 1.54) is 44.2 Å². The molecule has 1 aromatic heterocycles. The van der Waals surface area contributed by atoms with Gasteiger partial charge in [0.05, 0.1) is 17.8 Å². The highest BCUT2D eigenvalue weighted by Gasteiger charge is 2.53. The van der Waals surface area contributed by atoms with Gasteiger partial charge in [-0.25, -0.2) is 9.07 Å². The third-order valence-electron chi connectivity index (χ3n) is 7.62. The van der Waals surface area contributed by atoms with Crippen LogP contribution in [0.25, 0.3) is 5.69 Å². The van der Waals surface area contributed by atoms with Gasteiger partial charge >= 0.3 is 0 Å². The lowest BCUT2D eigenvalue weighted by Crippen LogP contribution is -2.43. The number of rotatable bonds is 4. The Hall–Kier alpha value is -2.17. The average Bonchev–Trinajstić information content (AvgIpc) is 3.41. The fourth-order valence-electron chi connectivity index (χ4n) is 6.42. The summed E-state index contributed by atoms with van der Waals surface area (Å²) < 4.78 is 15.0. The van der Waals surface area contributed by atoms with E-state index in [1.54, 1.807) is 16.8 Å². The summed E-state index contributed by atoms with van der Waals surface area (Å²) in [6.45, 7) is 3.92. The van der Waals surface area contributed by atoms with E-state index in [2.05, 4.69) is 10.4 Å². The number of hydrogen-bond acceptors (Lipinski definition) is 2. The van der Waals surface area contributed by atoms with Crippen molar-refractivity contribution in [3.8, 4) is 5.69 Å². The van der Waals surface area contributed by atoms with Crippen LogP contribution in [0.2, 0.25) is 0 Å². The van der Waals surface area contributed by atoms with E-state index in [-0.39, 0.29) is 11.7 Å². The van der Waals surface area contributed by atoms with E-state index in [1.807, 2.05) is 13.8 Å². The number of halogens is 1. The van der Waals surface area contributed by atoms with Gasteiger partial charge in [-0.1, -0.05) is 6.42 Å². The van der Waals surface area contributed by atoms with Crippen molar-refractivity contribution >= 4 is 5.91 Å². The Bertz CT molecular complexity index is 903. The molecule has 2 aromatic rings. The number of aryl methyl sites for hydroxylation is 1. The summed E-state index contributed by atoms with van der Waals surface area (Å²) in [6, 6.07) is 6.66. The normalized spacial score (nSPS) is 30.6. The summed E-state index contributed by atoms with van der Waals surface area (Å²) in [5.74, 6) is 3.18. The monoisotopic (exact) mass is 381 g/mol. The van der Waals surface area contributed by atoms with Crippen LogP contribution in [-0.4, -0.2) is 21.7 Å². The van der Waals surface area contributed by atoms with Crippen LogP contribution in [0, 0.1) is 43.3 Å². The van der Waals surface area contributed by atoms with Gasteiger partial charge in [0.15, 0.2) is 0 Å². The predicted molar refractivity (Wildman–Crippen MR) is 106 cm³/mol. The minimum atomic E-state index is -0.264. The Kier molecular flexibility index (Phi) is 4.29. The van der Waals surface area contributed by atoms with Crippen LogP contribution in [-0.2, 0) is 11.2 Å². The maximum atomic E-state index is 13.2. The van der Waals surface area contributed by atoms with E-state index >= 15 is 0 Å². The lowest BCUT2D eigenvalue weighted by atomic mass is 9.79. The van der Waals surface area contributed by atoms with Crippen molar-refractivity contribution in [3.63, 3.8) is 0 Å². The van der Waals surface area contributed by atoms with Crippen molar-refractivity contribution in [2.24, 2.45) is 23.7 Å². The molecule has 0 aliphatic heterocycles. The van der Waals surface area contributed by atoms with Crippen molar-refractivity contribution in [2.75, 3.05) is 0 Å². The minimum absolute atomic E-state index is 0.108. The minimum Gasteiger partial charge on any atom is -0.353 e. The Morgan fingerprint density at radius 2 is 1.89 bits per heavy atom. The maximum Gasteiger partial charge on any atom is 0.224 e. The van der Waals surface area contributed by atoms with Gasteiger partial charge < -0.3 is 5.32 Å². The standard InChI is InChI=1S/C23H28FN3O/c1-13-20(14(2)27(26-13)17-8-6-16(24)7-9-17)12-23(28)25-22-11-15-10-21(22)19-5-3-4-18(15)19/h6-9,15,18-19,21-22H,3-5,10-12H2,1-2H3,(H,25,28)/t15-,18+,19-,21-,22+/m1/s1. The summed E-state index contributed by atoms with van der Waals surface area (Å²) in [5, 5.41) is 7.95. The van der Waals surface area contributed by atoms with Gasteiger partial charge in [-0.3, -0.25) is 4.79 Å². The number of nitrogens with one attached hydrogen (secondary N) is 1. The molecule has 2 bridgehead atoms. The summed E-state index contributed by atoms with van der Waals surface area (Å²) in [5.41, 5.74) is 3.60. The number of fused-ring (bicyclic) bond motifs is 5. The van der Waals surface area contributed by atoms with Crippen LogP contribution >= 0.6 is 0 Å². The molecular formula is C23H28FN3O. The summed E-state index contributed by atoms with van der Waals surface area (Å²) in [4.78, 5) is 12.8. The SMILES string of the molecule is Cc1nn(-c2ccc(F)cc2)c(C)c1CC(=O)N[C@H]1C[C@H]2C[C@@H]1[C@@H]1CCC[C@@H]21. The largest absolute Gasteiger partial charge is 0.353 e. The Labute approximate surface area is 165 Å². The van der Waals surface area contributed by atoms with Gasteiger partial charge in [-0.15, -0.1) is 0 Å². The molecule has 1 heterocycles. The number of amides is 1. The third kappa shape index (κ3) is 2.87. The molecule has 148 valence electrons. The molecule has 0 unspecified atom stereocenters. The van der Waals surface area contributed by atoms with Crippen LogP contribution in [0.3, 0.4) is 0 Å². The summed E-state index contributed by atoms with van der Waals surface area (Å²) in [7, 11) is 0. The van der Waals surface area contributed by atoms with Crippen LogP contribution in [0.4, 0.5) is 4.39 Å². The second-order valence-electron chi connectivity index (χ2n) is 9.04. The van der Waals surface area contributed by atoms with Gasteiger partial charge in [0.2, 0.25) is 5.91 Å². The van der Waals surface area contributed by atoms with Crippen LogP contribution < -0.4 is 5.32 Å². The average molecular weight is 381 g/mol. The molecule has 5 rings (SSSR count). The van der Waals surface area contributed by atoms with Crippen LogP contribution in [0.1, 0.15) is 49.1 Å². The van der Waals surface area contributed by atoms with Gasteiger partial charge in [0, 0.05) is 17.3 Å². The maximum absolute atomic E-state index is 13.2. The molecule has 28 heavy (non-hydrogen) atoms. The molecule has 3 saturated carbocycles. The second kappa shape index (κ2) is 6.71. The molecule has 3 fully saturated rings. The zero-order valence-corrected chi connectivity index (χ0v) is 16.6. The molecule has 1 aromatic carbocycles. The van der Waals surface area contributed by atoms with Crippen molar-refractivity contribution in [2.45, 2.75) is 58.4 Å². The Morgan fingerprint density at radius 3 is 2.68 bits per heavy atom. The first kappa shape index (κ1) is 17.9. The van der Waals surface area contributed by atoms with E-state index in [0.29, 0.717) is 18.4 Å². The van der Waals surface area contributed by atoms with Crippen LogP contribution in [0.5, 0.6) is 0 Å². The number of carbonyl (C=O) groups excluding carboxylic acids is 1. The van der Waals surface area contributed by atoms with Crippen LogP contribution in [0.15, 0.2) is 24.3 Å². The van der Waals surface area contributed by atoms with Crippen molar-refractivity contribution in [3.05, 3.63) is 47.0 Å². The third-order valence-corrected chi connectivity index (χ3v) is 7.62. The van der Waals surface area contributed by atoms with Crippen molar-refractivity contribution in [1.82, 2.24) is 15.1 Å². The second-order valence-corrected chi connectivity index (χ2v) is 9.04. The first-order valence-corrected chi connectivity index (χ1v) is 10.6. The molecule has 0 saturated heterocycles. The number of aromatic nitrogens is 2. The molecule has 1 N–H and O–H groups in total. The van der Waals surface area contributed by atoms with Crippen molar-refractivity contribution < 1.29 is 9.18 Å². The van der Waals surface area contributed by atoms with E-state index in [4.69, 9.17) is 0 Å². The molecule has 0 spiro atoms. The molecule has 5 atom stereocenters. The number of benzene rings is 1. The highest BCUT2D eigenvalue weighted by molar-refractivity contribution is 5.79. The highest BCUT2D eigenvalue weighted by atomic mass is 19.1. The predicted octanol–water partition coefficient (Wildman–Crippen LogP) is 4.11. The quantitative estimate of drug-likeness (QED) is 0.866. The summed E-state index contributed by atoms with van der Waals surface area (Å²) in [6.07, 6.45) is 7.00. The molecule has 0 radical (unpaired) electrons. The molecule has 1 amide bonds. The van der Waals surface area contributed by atoms with E-state index in [0.717, 1.165) is 40.4 Å². The first-order valence-electron chi connectivity index (χ1n) is 10.6. The lowest BCUT2D eigenvalue weighted by Gasteiger charge is -2.32. The highest BCUT2D eigenvalue weighted by Crippen LogP contribution is 2.58.